The number of aryl methyl sites for hydroxylation is 3. The zero-order chi connectivity index (χ0) is 24.1. The number of hydrogen-bond donors (Lipinski definition) is 1. The van der Waals surface area contributed by atoms with Crippen LogP contribution in [0.5, 0.6) is 11.5 Å². The highest BCUT2D eigenvalue weighted by atomic mass is 32.1. The van der Waals surface area contributed by atoms with Gasteiger partial charge in [-0.15, -0.1) is 11.3 Å². The number of nitrogens with zero attached hydrogens (tertiary/aromatic N) is 2. The molecule has 8 heteroatoms. The van der Waals surface area contributed by atoms with Crippen LogP contribution in [0.4, 0.5) is 0 Å². The molecule has 0 spiro atoms. The molecule has 4 rings (SSSR count). The molecule has 0 aliphatic carbocycles. The zero-order valence-electron chi connectivity index (χ0n) is 19.5. The van der Waals surface area contributed by atoms with E-state index >= 15 is 0 Å². The van der Waals surface area contributed by atoms with Gasteiger partial charge in [-0.2, -0.15) is 0 Å². The van der Waals surface area contributed by atoms with Gasteiger partial charge in [0.2, 0.25) is 5.91 Å². The van der Waals surface area contributed by atoms with Gasteiger partial charge in [0.1, 0.15) is 11.4 Å². The molecule has 1 amide bonds. The second kappa shape index (κ2) is 10.5. The summed E-state index contributed by atoms with van der Waals surface area (Å²) in [6.07, 6.45) is 1.71. The number of carbonyl (C=O) groups excluding carboxylic acids is 1. The predicted octanol–water partition coefficient (Wildman–Crippen LogP) is 4.37. The molecular formula is C26H27N3O4S. The second-order valence-corrected chi connectivity index (χ2v) is 9.20. The molecule has 34 heavy (non-hydrogen) atoms. The number of amides is 1. The second-order valence-electron chi connectivity index (χ2n) is 7.99. The Balaban J connectivity index is 1.33. The van der Waals surface area contributed by atoms with Crippen molar-refractivity contribution in [2.75, 3.05) is 7.11 Å². The van der Waals surface area contributed by atoms with Gasteiger partial charge in [0, 0.05) is 24.4 Å². The van der Waals surface area contributed by atoms with E-state index in [1.807, 2.05) is 62.4 Å². The smallest absolute Gasteiger partial charge is 0.262 e. The van der Waals surface area contributed by atoms with Gasteiger partial charge in [0.25, 0.3) is 5.56 Å². The van der Waals surface area contributed by atoms with Crippen LogP contribution in [0.1, 0.15) is 28.0 Å². The van der Waals surface area contributed by atoms with E-state index in [-0.39, 0.29) is 24.4 Å². The average molecular weight is 478 g/mol. The molecule has 2 aromatic carbocycles. The first-order chi connectivity index (χ1) is 16.5. The maximum Gasteiger partial charge on any atom is 0.262 e. The minimum absolute atomic E-state index is 0.101. The number of carbonyl (C=O) groups is 1. The minimum atomic E-state index is -0.145. The average Bonchev–Trinajstić information content (AvgIpc) is 3.15. The van der Waals surface area contributed by atoms with E-state index in [0.29, 0.717) is 30.0 Å². The van der Waals surface area contributed by atoms with Gasteiger partial charge in [-0.25, -0.2) is 4.98 Å². The molecule has 0 aliphatic heterocycles. The van der Waals surface area contributed by atoms with Crippen molar-refractivity contribution in [3.63, 3.8) is 0 Å². The quantitative estimate of drug-likeness (QED) is 0.387. The monoisotopic (exact) mass is 477 g/mol. The largest absolute Gasteiger partial charge is 0.493 e. The third-order valence-corrected chi connectivity index (χ3v) is 6.81. The first-order valence-corrected chi connectivity index (χ1v) is 11.8. The molecule has 1 N–H and O–H groups in total. The van der Waals surface area contributed by atoms with Crippen LogP contribution in [-0.2, 0) is 24.5 Å². The molecule has 0 saturated heterocycles. The zero-order valence-corrected chi connectivity index (χ0v) is 20.3. The Kier molecular flexibility index (Phi) is 7.27. The maximum atomic E-state index is 12.8. The maximum absolute atomic E-state index is 12.8. The highest BCUT2D eigenvalue weighted by Crippen LogP contribution is 2.29. The molecule has 0 aliphatic rings. The summed E-state index contributed by atoms with van der Waals surface area (Å²) >= 11 is 1.51. The Labute approximate surface area is 202 Å². The summed E-state index contributed by atoms with van der Waals surface area (Å²) in [6, 6.07) is 15.5. The number of aromatic nitrogens is 2. The number of nitrogens with one attached hydrogen (secondary N) is 1. The molecule has 0 radical (unpaired) electrons. The number of ether oxygens (including phenoxy) is 2. The predicted molar refractivity (Wildman–Crippen MR) is 134 cm³/mol. The fourth-order valence-electron chi connectivity index (χ4n) is 3.62. The number of methoxy groups -OCH3 is 1. The Hall–Kier alpha value is -3.65. The third-order valence-electron chi connectivity index (χ3n) is 5.69. The van der Waals surface area contributed by atoms with Crippen molar-refractivity contribution in [2.45, 2.75) is 40.0 Å². The lowest BCUT2D eigenvalue weighted by Crippen LogP contribution is -2.27. The van der Waals surface area contributed by atoms with Crippen molar-refractivity contribution in [3.8, 4) is 11.5 Å². The highest BCUT2D eigenvalue weighted by molar-refractivity contribution is 7.18. The van der Waals surface area contributed by atoms with E-state index in [1.54, 1.807) is 7.11 Å². The van der Waals surface area contributed by atoms with Gasteiger partial charge >= 0.3 is 0 Å². The summed E-state index contributed by atoms with van der Waals surface area (Å²) < 4.78 is 12.9. The number of hydrogen-bond acceptors (Lipinski definition) is 6. The lowest BCUT2D eigenvalue weighted by molar-refractivity contribution is -0.121. The van der Waals surface area contributed by atoms with Gasteiger partial charge in [0.15, 0.2) is 11.5 Å². The number of rotatable bonds is 9. The van der Waals surface area contributed by atoms with Gasteiger partial charge in [0.05, 0.1) is 18.8 Å². The summed E-state index contributed by atoms with van der Waals surface area (Å²) in [7, 11) is 1.59. The Morgan fingerprint density at radius 1 is 1.09 bits per heavy atom. The fourth-order valence-corrected chi connectivity index (χ4v) is 4.60. The van der Waals surface area contributed by atoms with Gasteiger partial charge in [-0.05, 0) is 42.7 Å². The number of thiophene rings is 1. The van der Waals surface area contributed by atoms with Crippen LogP contribution in [0.3, 0.4) is 0 Å². The van der Waals surface area contributed by atoms with Crippen molar-refractivity contribution < 1.29 is 14.3 Å². The Morgan fingerprint density at radius 2 is 1.88 bits per heavy atom. The summed E-state index contributed by atoms with van der Waals surface area (Å²) in [5.41, 5.74) is 2.82. The molecule has 0 unspecified atom stereocenters. The first kappa shape index (κ1) is 23.5. The van der Waals surface area contributed by atoms with Crippen molar-refractivity contribution in [3.05, 3.63) is 86.8 Å². The van der Waals surface area contributed by atoms with Crippen molar-refractivity contribution in [2.24, 2.45) is 0 Å². The van der Waals surface area contributed by atoms with E-state index < -0.39 is 0 Å². The number of fused-ring (bicyclic) bond motifs is 1. The molecule has 7 nitrogen and oxygen atoms in total. The van der Waals surface area contributed by atoms with Gasteiger partial charge < -0.3 is 14.8 Å². The van der Waals surface area contributed by atoms with Crippen LogP contribution < -0.4 is 20.3 Å². The van der Waals surface area contributed by atoms with E-state index in [0.717, 1.165) is 26.4 Å². The lowest BCUT2D eigenvalue weighted by Gasteiger charge is -2.13. The topological polar surface area (TPSA) is 82.5 Å². The van der Waals surface area contributed by atoms with E-state index in [1.165, 1.54) is 22.2 Å². The third kappa shape index (κ3) is 5.28. The molecule has 176 valence electrons. The molecule has 0 atom stereocenters. The molecule has 0 bridgehead atoms. The first-order valence-electron chi connectivity index (χ1n) is 11.0. The highest BCUT2D eigenvalue weighted by Gasteiger charge is 2.13. The van der Waals surface area contributed by atoms with Crippen LogP contribution in [0, 0.1) is 13.8 Å². The van der Waals surface area contributed by atoms with Crippen LogP contribution in [0.25, 0.3) is 10.2 Å². The SMILES string of the molecule is COc1cc(CNC(=O)CCn2cnc3sc(C)c(C)c3c2=O)ccc1OCc1ccccc1. The molecule has 4 aromatic rings. The Bertz CT molecular complexity index is 1360. The van der Waals surface area contributed by atoms with Crippen LogP contribution >= 0.6 is 11.3 Å². The van der Waals surface area contributed by atoms with E-state index in [2.05, 4.69) is 10.3 Å². The van der Waals surface area contributed by atoms with Crippen LogP contribution in [-0.4, -0.2) is 22.6 Å². The summed E-state index contributed by atoms with van der Waals surface area (Å²) in [5, 5.41) is 3.55. The van der Waals surface area contributed by atoms with Crippen molar-refractivity contribution in [1.29, 1.82) is 0 Å². The standard InChI is InChI=1S/C26H27N3O4S/c1-17-18(2)34-25-24(17)26(31)29(16-28-25)12-11-23(30)27-14-20-9-10-21(22(13-20)32-3)33-15-19-7-5-4-6-8-19/h4-10,13,16H,11-12,14-15H2,1-3H3,(H,27,30). The number of benzene rings is 2. The van der Waals surface area contributed by atoms with Crippen LogP contribution in [0.2, 0.25) is 0 Å². The van der Waals surface area contributed by atoms with Gasteiger partial charge in [-0.3, -0.25) is 14.2 Å². The Morgan fingerprint density at radius 3 is 2.65 bits per heavy atom. The molecular weight excluding hydrogens is 450 g/mol. The summed E-state index contributed by atoms with van der Waals surface area (Å²) in [6.45, 7) is 4.98. The summed E-state index contributed by atoms with van der Waals surface area (Å²) in [5.74, 6) is 1.10. The lowest BCUT2D eigenvalue weighted by atomic mass is 10.2. The van der Waals surface area contributed by atoms with E-state index in [4.69, 9.17) is 9.47 Å². The summed E-state index contributed by atoms with van der Waals surface area (Å²) in [4.78, 5) is 31.4. The van der Waals surface area contributed by atoms with E-state index in [9.17, 15) is 9.59 Å². The molecule has 0 saturated carbocycles. The molecule has 0 fully saturated rings. The molecule has 2 aromatic heterocycles. The van der Waals surface area contributed by atoms with Crippen molar-refractivity contribution in [1.82, 2.24) is 14.9 Å². The minimum Gasteiger partial charge on any atom is -0.493 e. The van der Waals surface area contributed by atoms with Gasteiger partial charge in [-0.1, -0.05) is 36.4 Å². The fraction of sp³-hybridized carbons (Fsp3) is 0.269. The molecule has 2 heterocycles. The van der Waals surface area contributed by atoms with Crippen molar-refractivity contribution >= 4 is 27.5 Å². The normalized spacial score (nSPS) is 10.9. The van der Waals surface area contributed by atoms with Crippen LogP contribution in [0.15, 0.2) is 59.7 Å².